The minimum absolute atomic E-state index is 0.293. The van der Waals surface area contributed by atoms with Gasteiger partial charge in [0.25, 0.3) is 16.0 Å². The summed E-state index contributed by atoms with van der Waals surface area (Å²) in [5.74, 6) is -1.43. The summed E-state index contributed by atoms with van der Waals surface area (Å²) in [5.41, 5.74) is 9.68. The molecule has 0 aliphatic heterocycles. The van der Waals surface area contributed by atoms with E-state index in [0.29, 0.717) is 0 Å². The second kappa shape index (κ2) is 4.29. The first-order valence-corrected chi connectivity index (χ1v) is 5.47. The van der Waals surface area contributed by atoms with Gasteiger partial charge in [-0.2, -0.15) is 13.4 Å². The lowest BCUT2D eigenvalue weighted by atomic mass is 10.2. The van der Waals surface area contributed by atoms with Crippen molar-refractivity contribution in [3.63, 3.8) is 0 Å². The van der Waals surface area contributed by atoms with Crippen LogP contribution in [0.25, 0.3) is 0 Å². The Morgan fingerprint density at radius 3 is 2.31 bits per heavy atom. The number of rotatable bonds is 2. The molecule has 0 unspecified atom stereocenters. The fourth-order valence-electron chi connectivity index (χ4n) is 1.05. The Morgan fingerprint density at radius 1 is 1.25 bits per heavy atom. The highest BCUT2D eigenvalue weighted by Crippen LogP contribution is 2.15. The van der Waals surface area contributed by atoms with E-state index in [4.69, 9.17) is 16.0 Å². The maximum Gasteiger partial charge on any atom is 0.295 e. The lowest BCUT2D eigenvalue weighted by Gasteiger charge is -2.02. The van der Waals surface area contributed by atoms with Gasteiger partial charge in [-0.15, -0.1) is 0 Å². The quantitative estimate of drug-likeness (QED) is 0.358. The van der Waals surface area contributed by atoms with Crippen LogP contribution in [0.1, 0.15) is 10.4 Å². The summed E-state index contributed by atoms with van der Waals surface area (Å²) < 4.78 is 30.7. The molecule has 8 heteroatoms. The minimum atomic E-state index is -4.49. The normalized spacial score (nSPS) is 10.8. The van der Waals surface area contributed by atoms with Crippen LogP contribution in [-0.2, 0) is 10.1 Å². The summed E-state index contributed by atoms with van der Waals surface area (Å²) >= 11 is 0. The van der Waals surface area contributed by atoms with E-state index in [9.17, 15) is 13.2 Å². The number of nitrogens with two attached hydrogens (primary N) is 2. The van der Waals surface area contributed by atoms with Crippen LogP contribution in [0, 0.1) is 0 Å². The van der Waals surface area contributed by atoms with E-state index in [1.165, 1.54) is 18.2 Å². The Bertz CT molecular complexity index is 546. The highest BCUT2D eigenvalue weighted by Gasteiger charge is 2.19. The van der Waals surface area contributed by atoms with Crippen molar-refractivity contribution in [2.45, 2.75) is 4.90 Å². The molecule has 0 aromatic heterocycles. The van der Waals surface area contributed by atoms with Crippen LogP contribution >= 0.6 is 0 Å². The van der Waals surface area contributed by atoms with Crippen molar-refractivity contribution in [2.24, 2.45) is 16.5 Å². The monoisotopic (exact) mass is 243 g/mol. The molecule has 16 heavy (non-hydrogen) atoms. The van der Waals surface area contributed by atoms with Crippen LogP contribution in [0.5, 0.6) is 0 Å². The molecular weight excluding hydrogens is 234 g/mol. The summed E-state index contributed by atoms with van der Waals surface area (Å²) in [7, 11) is -4.49. The summed E-state index contributed by atoms with van der Waals surface area (Å²) in [6.07, 6.45) is 0. The molecule has 0 fully saturated rings. The van der Waals surface area contributed by atoms with Crippen molar-refractivity contribution in [1.82, 2.24) is 0 Å². The molecule has 0 spiro atoms. The molecule has 0 heterocycles. The number of benzene rings is 1. The number of carbonyl (C=O) groups is 1. The van der Waals surface area contributed by atoms with E-state index in [1.54, 1.807) is 0 Å². The third-order valence-electron chi connectivity index (χ3n) is 1.63. The van der Waals surface area contributed by atoms with Gasteiger partial charge >= 0.3 is 0 Å². The van der Waals surface area contributed by atoms with E-state index >= 15 is 0 Å². The van der Waals surface area contributed by atoms with Gasteiger partial charge in [-0.25, -0.2) is 0 Å². The molecule has 5 N–H and O–H groups in total. The molecule has 1 amide bonds. The zero-order valence-electron chi connectivity index (χ0n) is 7.99. The largest absolute Gasteiger partial charge is 0.370 e. The van der Waals surface area contributed by atoms with Crippen molar-refractivity contribution in [1.29, 1.82) is 0 Å². The maximum absolute atomic E-state index is 11.4. The van der Waals surface area contributed by atoms with Gasteiger partial charge in [-0.3, -0.25) is 9.35 Å². The molecular formula is C8H9N3O4S. The molecule has 0 saturated carbocycles. The number of guanidine groups is 1. The Kier molecular flexibility index (Phi) is 3.25. The molecule has 1 aromatic rings. The molecule has 0 radical (unpaired) electrons. The van der Waals surface area contributed by atoms with Crippen molar-refractivity contribution in [3.8, 4) is 0 Å². The first-order valence-electron chi connectivity index (χ1n) is 4.03. The van der Waals surface area contributed by atoms with E-state index in [1.807, 2.05) is 0 Å². The number of aliphatic imine (C=N–C) groups is 1. The van der Waals surface area contributed by atoms with Crippen LogP contribution < -0.4 is 11.5 Å². The number of nitrogens with zero attached hydrogens (tertiary/aromatic N) is 1. The van der Waals surface area contributed by atoms with Gasteiger partial charge in [0.2, 0.25) is 0 Å². The molecule has 1 aromatic carbocycles. The van der Waals surface area contributed by atoms with E-state index in [0.717, 1.165) is 6.07 Å². The fraction of sp³-hybridized carbons (Fsp3) is 0. The molecule has 1 rings (SSSR count). The zero-order valence-corrected chi connectivity index (χ0v) is 8.81. The van der Waals surface area contributed by atoms with Crippen LogP contribution in [0.2, 0.25) is 0 Å². The van der Waals surface area contributed by atoms with Crippen molar-refractivity contribution >= 4 is 22.0 Å². The average molecular weight is 243 g/mol. The van der Waals surface area contributed by atoms with Crippen LogP contribution in [0.3, 0.4) is 0 Å². The average Bonchev–Trinajstić information content (AvgIpc) is 2.15. The molecule has 86 valence electrons. The molecule has 0 bridgehead atoms. The van der Waals surface area contributed by atoms with Gasteiger partial charge in [-0.05, 0) is 12.1 Å². The molecule has 0 atom stereocenters. The van der Waals surface area contributed by atoms with E-state index in [-0.39, 0.29) is 5.56 Å². The van der Waals surface area contributed by atoms with Gasteiger partial charge in [0.05, 0.1) is 5.56 Å². The summed E-state index contributed by atoms with van der Waals surface area (Å²) in [6, 6.07) is 5.04. The number of carbonyl (C=O) groups excluding carboxylic acids is 1. The summed E-state index contributed by atoms with van der Waals surface area (Å²) in [5, 5.41) is 0. The smallest absolute Gasteiger partial charge is 0.295 e. The Morgan fingerprint density at radius 2 is 1.81 bits per heavy atom. The second-order valence-electron chi connectivity index (χ2n) is 2.81. The fourth-order valence-corrected chi connectivity index (χ4v) is 1.73. The topological polar surface area (TPSA) is 136 Å². The van der Waals surface area contributed by atoms with Crippen LogP contribution in [0.4, 0.5) is 0 Å². The van der Waals surface area contributed by atoms with E-state index < -0.39 is 26.9 Å². The Hall–Kier alpha value is -1.93. The van der Waals surface area contributed by atoms with Crippen molar-refractivity contribution < 1.29 is 17.8 Å². The molecule has 0 aliphatic carbocycles. The van der Waals surface area contributed by atoms with Crippen LogP contribution in [0.15, 0.2) is 34.2 Å². The standard InChI is InChI=1S/C8H9N3O4S/c9-8(10)11-7(12)5-3-1-2-4-6(5)16(13,14)15/h1-4H,(H,13,14,15)(H4,9,10,11,12). The van der Waals surface area contributed by atoms with Gasteiger partial charge in [0.1, 0.15) is 4.90 Å². The second-order valence-corrected chi connectivity index (χ2v) is 4.20. The highest BCUT2D eigenvalue weighted by molar-refractivity contribution is 7.86. The predicted octanol–water partition coefficient (Wildman–Crippen LogP) is -0.653. The third kappa shape index (κ3) is 2.78. The first-order chi connectivity index (χ1) is 7.32. The van der Waals surface area contributed by atoms with Crippen molar-refractivity contribution in [3.05, 3.63) is 29.8 Å². The molecule has 7 nitrogen and oxygen atoms in total. The molecule has 0 aliphatic rings. The van der Waals surface area contributed by atoms with E-state index in [2.05, 4.69) is 4.99 Å². The van der Waals surface area contributed by atoms with Gasteiger partial charge in [-0.1, -0.05) is 12.1 Å². The third-order valence-corrected chi connectivity index (χ3v) is 2.54. The summed E-state index contributed by atoms with van der Waals surface area (Å²) in [6.45, 7) is 0. The molecule has 0 saturated heterocycles. The Balaban J connectivity index is 3.36. The Labute approximate surface area is 91.5 Å². The first kappa shape index (κ1) is 12.1. The number of hydrogen-bond donors (Lipinski definition) is 3. The SMILES string of the molecule is NC(N)=NC(=O)c1ccccc1S(=O)(=O)O. The minimum Gasteiger partial charge on any atom is -0.370 e. The summed E-state index contributed by atoms with van der Waals surface area (Å²) in [4.78, 5) is 14.0. The zero-order chi connectivity index (χ0) is 12.3. The maximum atomic E-state index is 11.4. The van der Waals surface area contributed by atoms with Gasteiger partial charge in [0.15, 0.2) is 5.96 Å². The lowest BCUT2D eigenvalue weighted by Crippen LogP contribution is -2.24. The van der Waals surface area contributed by atoms with Gasteiger partial charge < -0.3 is 11.5 Å². The highest BCUT2D eigenvalue weighted by atomic mass is 32.2. The van der Waals surface area contributed by atoms with Crippen molar-refractivity contribution in [2.75, 3.05) is 0 Å². The predicted molar refractivity (Wildman–Crippen MR) is 56.4 cm³/mol. The van der Waals surface area contributed by atoms with Gasteiger partial charge in [0, 0.05) is 0 Å². The lowest BCUT2D eigenvalue weighted by molar-refractivity contribution is 0.0999. The van der Waals surface area contributed by atoms with Crippen LogP contribution in [-0.4, -0.2) is 24.8 Å². The number of amides is 1. The number of hydrogen-bond acceptors (Lipinski definition) is 3.